The number of amides is 1. The van der Waals surface area contributed by atoms with Crippen LogP contribution in [0.1, 0.15) is 27.0 Å². The maximum atomic E-state index is 13.5. The highest BCUT2D eigenvalue weighted by Crippen LogP contribution is 2.26. The molecule has 0 spiro atoms. The Morgan fingerprint density at radius 2 is 1.47 bits per heavy atom. The molecule has 0 heterocycles. The molecule has 2 N–H and O–H groups in total. The highest BCUT2D eigenvalue weighted by atomic mass is 32.2. The fourth-order valence-corrected chi connectivity index (χ4v) is 4.75. The third-order valence-electron chi connectivity index (χ3n) is 4.82. The molecule has 0 bridgehead atoms. The first-order valence-corrected chi connectivity index (χ1v) is 11.3. The first-order chi connectivity index (χ1) is 15.1. The van der Waals surface area contributed by atoms with Crippen LogP contribution in [-0.4, -0.2) is 31.9 Å². The van der Waals surface area contributed by atoms with Gasteiger partial charge in [-0.25, -0.2) is 13.2 Å². The molecule has 0 aliphatic carbocycles. The van der Waals surface area contributed by atoms with Crippen LogP contribution in [0.25, 0.3) is 0 Å². The first kappa shape index (κ1) is 23.0. The minimum atomic E-state index is -4.06. The summed E-state index contributed by atoms with van der Waals surface area (Å²) in [4.78, 5) is 24.4. The molecule has 3 aromatic carbocycles. The highest BCUT2D eigenvalue weighted by Gasteiger charge is 2.28. The van der Waals surface area contributed by atoms with Crippen LogP contribution >= 0.6 is 0 Å². The van der Waals surface area contributed by atoms with E-state index in [1.54, 1.807) is 36.4 Å². The third kappa shape index (κ3) is 5.15. The molecule has 3 rings (SSSR count). The van der Waals surface area contributed by atoms with Gasteiger partial charge in [0.25, 0.3) is 10.0 Å². The molecule has 0 unspecified atom stereocenters. The van der Waals surface area contributed by atoms with Crippen molar-refractivity contribution in [3.8, 4) is 0 Å². The van der Waals surface area contributed by atoms with Gasteiger partial charge in [-0.05, 0) is 68.3 Å². The van der Waals surface area contributed by atoms with Gasteiger partial charge in [0.05, 0.1) is 21.8 Å². The molecule has 0 aromatic heterocycles. The molecule has 7 nitrogen and oxygen atoms in total. The van der Waals surface area contributed by atoms with Crippen LogP contribution in [0.2, 0.25) is 0 Å². The van der Waals surface area contributed by atoms with Crippen molar-refractivity contribution in [3.05, 3.63) is 89.0 Å². The van der Waals surface area contributed by atoms with E-state index in [1.807, 2.05) is 26.8 Å². The lowest BCUT2D eigenvalue weighted by atomic mass is 10.1. The predicted molar refractivity (Wildman–Crippen MR) is 124 cm³/mol. The fourth-order valence-electron chi connectivity index (χ4n) is 3.35. The second-order valence-electron chi connectivity index (χ2n) is 7.57. The van der Waals surface area contributed by atoms with E-state index in [9.17, 15) is 23.1 Å². The molecule has 0 saturated carbocycles. The monoisotopic (exact) mass is 452 g/mol. The zero-order valence-corrected chi connectivity index (χ0v) is 18.8. The number of carboxylic acids is 1. The Balaban J connectivity index is 2.01. The normalized spacial score (nSPS) is 11.1. The Hall–Kier alpha value is -3.65. The van der Waals surface area contributed by atoms with Crippen molar-refractivity contribution >= 4 is 33.3 Å². The van der Waals surface area contributed by atoms with Gasteiger partial charge in [-0.15, -0.1) is 0 Å². The Bertz CT molecular complexity index is 1250. The number of nitrogens with zero attached hydrogens (tertiary/aromatic N) is 1. The maximum absolute atomic E-state index is 13.5. The molecular formula is C24H24N2O5S. The van der Waals surface area contributed by atoms with E-state index in [-0.39, 0.29) is 16.1 Å². The molecule has 32 heavy (non-hydrogen) atoms. The number of para-hydroxylation sites is 1. The summed E-state index contributed by atoms with van der Waals surface area (Å²) in [6.07, 6.45) is 0. The molecule has 166 valence electrons. The van der Waals surface area contributed by atoms with Gasteiger partial charge < -0.3 is 10.4 Å². The van der Waals surface area contributed by atoms with Crippen molar-refractivity contribution < 1.29 is 23.1 Å². The maximum Gasteiger partial charge on any atom is 0.337 e. The van der Waals surface area contributed by atoms with E-state index in [0.717, 1.165) is 21.0 Å². The Morgan fingerprint density at radius 1 is 0.875 bits per heavy atom. The smallest absolute Gasteiger partial charge is 0.337 e. The van der Waals surface area contributed by atoms with Gasteiger partial charge in [0.1, 0.15) is 6.54 Å². The van der Waals surface area contributed by atoms with Crippen LogP contribution in [0.15, 0.2) is 71.6 Å². The van der Waals surface area contributed by atoms with Crippen LogP contribution < -0.4 is 9.62 Å². The van der Waals surface area contributed by atoms with Crippen LogP contribution in [0.5, 0.6) is 0 Å². The molecule has 0 fully saturated rings. The van der Waals surface area contributed by atoms with Gasteiger partial charge in [-0.2, -0.15) is 0 Å². The SMILES string of the molecule is Cc1ccc(S(=O)(=O)N(CC(=O)Nc2ccccc2C(=O)O)c2cc(C)cc(C)c2)cc1. The average molecular weight is 453 g/mol. The van der Waals surface area contributed by atoms with E-state index >= 15 is 0 Å². The number of aryl methyl sites for hydroxylation is 3. The number of hydrogen-bond donors (Lipinski definition) is 2. The number of anilines is 2. The van der Waals surface area contributed by atoms with Gasteiger partial charge in [0, 0.05) is 0 Å². The zero-order valence-electron chi connectivity index (χ0n) is 18.0. The van der Waals surface area contributed by atoms with Crippen molar-refractivity contribution in [2.24, 2.45) is 0 Å². The van der Waals surface area contributed by atoms with Gasteiger partial charge in [0.15, 0.2) is 0 Å². The van der Waals surface area contributed by atoms with Crippen LogP contribution in [0, 0.1) is 20.8 Å². The topological polar surface area (TPSA) is 104 Å². The highest BCUT2D eigenvalue weighted by molar-refractivity contribution is 7.92. The second-order valence-corrected chi connectivity index (χ2v) is 9.43. The van der Waals surface area contributed by atoms with Crippen molar-refractivity contribution in [1.82, 2.24) is 0 Å². The summed E-state index contributed by atoms with van der Waals surface area (Å²) < 4.78 is 28.0. The summed E-state index contributed by atoms with van der Waals surface area (Å²) in [7, 11) is -4.06. The molecule has 0 aliphatic rings. The second kappa shape index (κ2) is 9.23. The molecule has 3 aromatic rings. The minimum Gasteiger partial charge on any atom is -0.478 e. The number of sulfonamides is 1. The fraction of sp³-hybridized carbons (Fsp3) is 0.167. The van der Waals surface area contributed by atoms with Crippen LogP contribution in [0.4, 0.5) is 11.4 Å². The van der Waals surface area contributed by atoms with Crippen molar-refractivity contribution in [2.45, 2.75) is 25.7 Å². The predicted octanol–water partition coefficient (Wildman–Crippen LogP) is 4.14. The Kier molecular flexibility index (Phi) is 6.64. The number of benzene rings is 3. The summed E-state index contributed by atoms with van der Waals surface area (Å²) in [6, 6.07) is 17.6. The summed E-state index contributed by atoms with van der Waals surface area (Å²) in [5.74, 6) is -1.85. The van der Waals surface area contributed by atoms with E-state index in [2.05, 4.69) is 5.32 Å². The molecule has 1 amide bonds. The quantitative estimate of drug-likeness (QED) is 0.561. The molecule has 0 aliphatic heterocycles. The average Bonchev–Trinajstić information content (AvgIpc) is 2.71. The summed E-state index contributed by atoms with van der Waals surface area (Å²) in [5, 5.41) is 11.9. The Morgan fingerprint density at radius 3 is 2.06 bits per heavy atom. The number of carbonyl (C=O) groups is 2. The molecular weight excluding hydrogens is 428 g/mol. The molecule has 0 radical (unpaired) electrons. The van der Waals surface area contributed by atoms with Gasteiger partial charge >= 0.3 is 5.97 Å². The third-order valence-corrected chi connectivity index (χ3v) is 6.61. The number of hydrogen-bond acceptors (Lipinski definition) is 4. The summed E-state index contributed by atoms with van der Waals surface area (Å²) in [6.45, 7) is 5.02. The first-order valence-electron chi connectivity index (χ1n) is 9.88. The van der Waals surface area contributed by atoms with Gasteiger partial charge in [-0.3, -0.25) is 9.10 Å². The van der Waals surface area contributed by atoms with Gasteiger partial charge in [0.2, 0.25) is 5.91 Å². The lowest BCUT2D eigenvalue weighted by Gasteiger charge is -2.25. The lowest BCUT2D eigenvalue weighted by Crippen LogP contribution is -2.38. The van der Waals surface area contributed by atoms with Crippen molar-refractivity contribution in [2.75, 3.05) is 16.2 Å². The molecule has 0 saturated heterocycles. The van der Waals surface area contributed by atoms with Crippen LogP contribution in [0.3, 0.4) is 0 Å². The van der Waals surface area contributed by atoms with E-state index in [1.165, 1.54) is 24.3 Å². The van der Waals surface area contributed by atoms with Crippen LogP contribution in [-0.2, 0) is 14.8 Å². The van der Waals surface area contributed by atoms with Gasteiger partial charge in [-0.1, -0.05) is 35.9 Å². The standard InChI is InChI=1S/C24H24N2O5S/c1-16-8-10-20(11-9-16)32(30,31)26(19-13-17(2)12-18(3)14-19)15-23(27)25-22-7-5-4-6-21(22)24(28)29/h4-14H,15H2,1-3H3,(H,25,27)(H,28,29). The zero-order chi connectivity index (χ0) is 23.5. The number of rotatable bonds is 7. The largest absolute Gasteiger partial charge is 0.478 e. The van der Waals surface area contributed by atoms with Crippen molar-refractivity contribution in [1.29, 1.82) is 0 Å². The van der Waals surface area contributed by atoms with Crippen molar-refractivity contribution in [3.63, 3.8) is 0 Å². The number of carbonyl (C=O) groups excluding carboxylic acids is 1. The van der Waals surface area contributed by atoms with E-state index in [4.69, 9.17) is 0 Å². The molecule has 0 atom stereocenters. The van der Waals surface area contributed by atoms with E-state index < -0.39 is 28.4 Å². The van der Waals surface area contributed by atoms with E-state index in [0.29, 0.717) is 5.69 Å². The lowest BCUT2D eigenvalue weighted by molar-refractivity contribution is -0.114. The Labute approximate surface area is 187 Å². The summed E-state index contributed by atoms with van der Waals surface area (Å²) in [5.41, 5.74) is 2.97. The number of aromatic carboxylic acids is 1. The minimum absolute atomic E-state index is 0.0565. The number of carboxylic acid groups (broad SMARTS) is 1. The summed E-state index contributed by atoms with van der Waals surface area (Å²) >= 11 is 0. The molecule has 8 heteroatoms. The number of nitrogens with one attached hydrogen (secondary N) is 1.